The van der Waals surface area contributed by atoms with Crippen molar-refractivity contribution in [1.29, 1.82) is 0 Å². The molecule has 0 aliphatic heterocycles. The first-order valence-electron chi connectivity index (χ1n) is 11.1. The number of pyridine rings is 1. The summed E-state index contributed by atoms with van der Waals surface area (Å²) in [7, 11) is 2.98. The quantitative estimate of drug-likeness (QED) is 0.370. The summed E-state index contributed by atoms with van der Waals surface area (Å²) in [6, 6.07) is 6.50. The Hall–Kier alpha value is -3.96. The number of nitrogens with zero attached hydrogens (tertiary/aromatic N) is 5. The van der Waals surface area contributed by atoms with E-state index in [2.05, 4.69) is 25.8 Å². The molecule has 0 saturated heterocycles. The number of anilines is 1. The van der Waals surface area contributed by atoms with Gasteiger partial charge < -0.3 is 20.1 Å². The van der Waals surface area contributed by atoms with Crippen molar-refractivity contribution in [1.82, 2.24) is 29.9 Å². The van der Waals surface area contributed by atoms with Crippen molar-refractivity contribution in [3.8, 4) is 11.7 Å². The number of halogens is 1. The molecule has 0 fully saturated rings. The van der Waals surface area contributed by atoms with Crippen LogP contribution in [0.4, 0.5) is 5.69 Å². The lowest BCUT2D eigenvalue weighted by molar-refractivity contribution is 0.0943. The third kappa shape index (κ3) is 4.75. The van der Waals surface area contributed by atoms with Gasteiger partial charge >= 0.3 is 0 Å². The summed E-state index contributed by atoms with van der Waals surface area (Å²) < 4.78 is 13.4. The Morgan fingerprint density at radius 3 is 2.64 bits per heavy atom. The number of fused-ring (bicyclic) bond motifs is 1. The van der Waals surface area contributed by atoms with Gasteiger partial charge in [-0.2, -0.15) is 5.10 Å². The summed E-state index contributed by atoms with van der Waals surface area (Å²) >= 11 is 6.32. The van der Waals surface area contributed by atoms with E-state index in [1.165, 1.54) is 25.0 Å². The van der Waals surface area contributed by atoms with E-state index < -0.39 is 5.91 Å². The molecule has 36 heavy (non-hydrogen) atoms. The lowest BCUT2D eigenvalue weighted by atomic mass is 10.0. The number of hydrogen-bond acceptors (Lipinski definition) is 7. The van der Waals surface area contributed by atoms with E-state index in [1.807, 2.05) is 26.8 Å². The molecule has 188 valence electrons. The van der Waals surface area contributed by atoms with Crippen molar-refractivity contribution < 1.29 is 19.1 Å². The van der Waals surface area contributed by atoms with Crippen LogP contribution in [0.1, 0.15) is 40.3 Å². The third-order valence-electron chi connectivity index (χ3n) is 5.33. The van der Waals surface area contributed by atoms with Crippen molar-refractivity contribution in [2.75, 3.05) is 19.5 Å². The van der Waals surface area contributed by atoms with Gasteiger partial charge in [0.25, 0.3) is 11.8 Å². The Kier molecular flexibility index (Phi) is 7.22. The molecule has 12 heteroatoms. The first-order chi connectivity index (χ1) is 17.2. The van der Waals surface area contributed by atoms with Crippen LogP contribution < -0.4 is 15.4 Å². The normalized spacial score (nSPS) is 11.2. The van der Waals surface area contributed by atoms with Crippen LogP contribution in [-0.2, 0) is 11.5 Å². The van der Waals surface area contributed by atoms with Gasteiger partial charge in [0.15, 0.2) is 5.82 Å². The van der Waals surface area contributed by atoms with Crippen LogP contribution in [0.2, 0.25) is 5.02 Å². The van der Waals surface area contributed by atoms with Gasteiger partial charge in [-0.05, 0) is 44.5 Å². The summed E-state index contributed by atoms with van der Waals surface area (Å²) in [5, 5.41) is 15.5. The molecule has 0 spiro atoms. The van der Waals surface area contributed by atoms with E-state index >= 15 is 0 Å². The first-order valence-corrected chi connectivity index (χ1v) is 11.5. The number of carbonyl (C=O) groups is 2. The van der Waals surface area contributed by atoms with Gasteiger partial charge in [-0.15, -0.1) is 5.10 Å². The molecule has 0 bridgehead atoms. The van der Waals surface area contributed by atoms with Gasteiger partial charge in [0, 0.05) is 30.8 Å². The number of nitrogens with one attached hydrogen (secondary N) is 2. The zero-order chi connectivity index (χ0) is 26.0. The van der Waals surface area contributed by atoms with Crippen molar-refractivity contribution in [3.63, 3.8) is 0 Å². The third-order valence-corrected chi connectivity index (χ3v) is 5.62. The SMILES string of the molecule is COCn1ncc2cc(C)c(NC(=O)c3cc(OC)nn3-c3ncccc3Cl)c(C(=O)NC(C)C)c21. The highest BCUT2D eigenvalue weighted by molar-refractivity contribution is 6.32. The molecule has 4 rings (SSSR count). The fraction of sp³-hybridized carbons (Fsp3) is 0.292. The van der Waals surface area contributed by atoms with Gasteiger partial charge in [0.2, 0.25) is 5.88 Å². The molecule has 4 aromatic rings. The van der Waals surface area contributed by atoms with Crippen molar-refractivity contribution in [2.24, 2.45) is 0 Å². The van der Waals surface area contributed by atoms with E-state index in [-0.39, 0.29) is 41.6 Å². The zero-order valence-electron chi connectivity index (χ0n) is 20.5. The molecule has 1 aromatic carbocycles. The summed E-state index contributed by atoms with van der Waals surface area (Å²) in [5.41, 5.74) is 1.94. The van der Waals surface area contributed by atoms with Crippen LogP contribution in [-0.4, -0.2) is 56.6 Å². The Morgan fingerprint density at radius 1 is 1.19 bits per heavy atom. The maximum absolute atomic E-state index is 13.6. The monoisotopic (exact) mass is 511 g/mol. The largest absolute Gasteiger partial charge is 0.480 e. The average Bonchev–Trinajstić information content (AvgIpc) is 3.44. The van der Waals surface area contributed by atoms with Gasteiger partial charge in [0.1, 0.15) is 12.4 Å². The first kappa shape index (κ1) is 25.1. The number of ether oxygens (including phenoxy) is 2. The van der Waals surface area contributed by atoms with Crippen molar-refractivity contribution in [3.05, 3.63) is 58.5 Å². The van der Waals surface area contributed by atoms with E-state index in [0.29, 0.717) is 21.8 Å². The van der Waals surface area contributed by atoms with Crippen LogP contribution in [0.15, 0.2) is 36.7 Å². The summed E-state index contributed by atoms with van der Waals surface area (Å²) in [4.78, 5) is 31.2. The zero-order valence-corrected chi connectivity index (χ0v) is 21.3. The number of rotatable bonds is 8. The second-order valence-electron chi connectivity index (χ2n) is 8.32. The number of aryl methyl sites for hydroxylation is 1. The summed E-state index contributed by atoms with van der Waals surface area (Å²) in [6.45, 7) is 5.65. The van der Waals surface area contributed by atoms with Crippen LogP contribution in [0.5, 0.6) is 5.88 Å². The fourth-order valence-corrected chi connectivity index (χ4v) is 4.03. The molecule has 2 amide bonds. The standard InChI is InChI=1S/C24H26ClN7O4/c1-13(2)28-24(34)19-20(14(3)9-15-11-27-31(12-35-4)21(15)19)29-23(33)17-10-18(36-5)30-32(17)22-16(25)7-6-8-26-22/h6-11,13H,12H2,1-5H3,(H,28,34)(H,29,33). The van der Waals surface area contributed by atoms with Crippen LogP contribution in [0.3, 0.4) is 0 Å². The Bertz CT molecular complexity index is 1440. The molecule has 0 atom stereocenters. The summed E-state index contributed by atoms with van der Waals surface area (Å²) in [6.07, 6.45) is 3.20. The summed E-state index contributed by atoms with van der Waals surface area (Å²) in [5.74, 6) is -0.433. The van der Waals surface area contributed by atoms with Gasteiger partial charge in [-0.25, -0.2) is 14.3 Å². The van der Waals surface area contributed by atoms with E-state index in [4.69, 9.17) is 21.1 Å². The highest BCUT2D eigenvalue weighted by Crippen LogP contribution is 2.31. The number of carbonyl (C=O) groups excluding carboxylic acids is 2. The van der Waals surface area contributed by atoms with E-state index in [1.54, 1.807) is 29.2 Å². The molecule has 3 aromatic heterocycles. The molecule has 0 unspecified atom stereocenters. The fourth-order valence-electron chi connectivity index (χ4n) is 3.83. The predicted molar refractivity (Wildman–Crippen MR) is 135 cm³/mol. The molecule has 3 heterocycles. The predicted octanol–water partition coefficient (Wildman–Crippen LogP) is 3.58. The number of benzene rings is 1. The molecular formula is C24H26ClN7O4. The lowest BCUT2D eigenvalue weighted by Crippen LogP contribution is -2.32. The van der Waals surface area contributed by atoms with Crippen LogP contribution in [0, 0.1) is 6.92 Å². The molecule has 11 nitrogen and oxygen atoms in total. The highest BCUT2D eigenvalue weighted by Gasteiger charge is 2.26. The highest BCUT2D eigenvalue weighted by atomic mass is 35.5. The minimum Gasteiger partial charge on any atom is -0.480 e. The van der Waals surface area contributed by atoms with Crippen molar-refractivity contribution in [2.45, 2.75) is 33.5 Å². The molecule has 2 N–H and O–H groups in total. The topological polar surface area (TPSA) is 125 Å². The second-order valence-corrected chi connectivity index (χ2v) is 8.73. The molecule has 0 aliphatic rings. The number of hydrogen-bond donors (Lipinski definition) is 2. The number of methoxy groups -OCH3 is 2. The lowest BCUT2D eigenvalue weighted by Gasteiger charge is -2.18. The van der Waals surface area contributed by atoms with Crippen molar-refractivity contribution >= 4 is 40.0 Å². The molecule has 0 saturated carbocycles. The molecule has 0 aliphatic carbocycles. The van der Waals surface area contributed by atoms with Crippen LogP contribution >= 0.6 is 11.6 Å². The maximum atomic E-state index is 13.6. The molecular weight excluding hydrogens is 486 g/mol. The minimum absolute atomic E-state index is 0.118. The van der Waals surface area contributed by atoms with E-state index in [9.17, 15) is 9.59 Å². The van der Waals surface area contributed by atoms with Gasteiger partial charge in [0.05, 0.1) is 35.1 Å². The van der Waals surface area contributed by atoms with Gasteiger partial charge in [-0.3, -0.25) is 9.59 Å². The average molecular weight is 512 g/mol. The molecule has 0 radical (unpaired) electrons. The van der Waals surface area contributed by atoms with Gasteiger partial charge in [-0.1, -0.05) is 11.6 Å². The Balaban J connectivity index is 1.86. The maximum Gasteiger partial charge on any atom is 0.274 e. The Labute approximate surface area is 212 Å². The van der Waals surface area contributed by atoms with E-state index in [0.717, 1.165) is 5.39 Å². The number of aromatic nitrogens is 5. The minimum atomic E-state index is -0.536. The van der Waals surface area contributed by atoms with Crippen LogP contribution in [0.25, 0.3) is 16.7 Å². The smallest absolute Gasteiger partial charge is 0.274 e. The second kappa shape index (κ2) is 10.3. The Morgan fingerprint density at radius 2 is 1.97 bits per heavy atom. The number of amides is 2.